The molecule has 0 aliphatic heterocycles. The smallest absolute Gasteiger partial charge is 0.528 e. The highest BCUT2D eigenvalue weighted by Crippen LogP contribution is 2.38. The largest absolute Gasteiger partial charge is 0.576 e. The Labute approximate surface area is 148 Å². The second-order valence-electron chi connectivity index (χ2n) is 5.25. The molecule has 0 atom stereocenters. The normalized spacial score (nSPS) is 10.0. The van der Waals surface area contributed by atoms with Crippen LogP contribution in [0.1, 0.15) is 11.1 Å². The molecule has 0 aliphatic carbocycles. The fourth-order valence-electron chi connectivity index (χ4n) is 2.60. The standard InChI is InChI=1S/C18H23BO6/c1-11-13(7-9-15(20-3)17(11)22-5)24-19-25-14-8-10-16(21-4)18(23-6)12(14)2/h7-10,19H,1-6H3. The summed E-state index contributed by atoms with van der Waals surface area (Å²) in [5.41, 5.74) is 1.68. The lowest BCUT2D eigenvalue weighted by Gasteiger charge is -2.17. The van der Waals surface area contributed by atoms with Gasteiger partial charge in [-0.1, -0.05) is 0 Å². The monoisotopic (exact) mass is 346 g/mol. The minimum atomic E-state index is 0.0483. The van der Waals surface area contributed by atoms with E-state index >= 15 is 0 Å². The van der Waals surface area contributed by atoms with E-state index in [2.05, 4.69) is 0 Å². The van der Waals surface area contributed by atoms with Gasteiger partial charge in [0.1, 0.15) is 11.5 Å². The highest BCUT2D eigenvalue weighted by Gasteiger charge is 2.15. The van der Waals surface area contributed by atoms with Crippen LogP contribution in [0.3, 0.4) is 0 Å². The topological polar surface area (TPSA) is 55.4 Å². The quantitative estimate of drug-likeness (QED) is 0.685. The van der Waals surface area contributed by atoms with E-state index in [1.54, 1.807) is 40.6 Å². The van der Waals surface area contributed by atoms with E-state index in [4.69, 9.17) is 28.3 Å². The molecule has 0 bridgehead atoms. The molecule has 0 radical (unpaired) electrons. The number of ether oxygens (including phenoxy) is 4. The van der Waals surface area contributed by atoms with Crippen LogP contribution >= 0.6 is 0 Å². The van der Waals surface area contributed by atoms with Crippen LogP contribution in [0.5, 0.6) is 34.5 Å². The van der Waals surface area contributed by atoms with Crippen molar-refractivity contribution in [3.05, 3.63) is 35.4 Å². The van der Waals surface area contributed by atoms with Crippen LogP contribution in [0.2, 0.25) is 0 Å². The third-order valence-electron chi connectivity index (χ3n) is 3.92. The van der Waals surface area contributed by atoms with Crippen molar-refractivity contribution in [2.45, 2.75) is 13.8 Å². The van der Waals surface area contributed by atoms with Crippen molar-refractivity contribution in [1.82, 2.24) is 0 Å². The molecule has 0 unspecified atom stereocenters. The Hall–Kier alpha value is -2.70. The van der Waals surface area contributed by atoms with Crippen LogP contribution in [-0.4, -0.2) is 36.1 Å². The minimum absolute atomic E-state index is 0.0483. The van der Waals surface area contributed by atoms with Gasteiger partial charge in [0.05, 0.1) is 28.4 Å². The summed E-state index contributed by atoms with van der Waals surface area (Å²) in [4.78, 5) is 0. The third kappa shape index (κ3) is 3.87. The molecule has 0 aliphatic rings. The lowest BCUT2D eigenvalue weighted by atomic mass is 10.1. The molecule has 0 heterocycles. The molecule has 0 spiro atoms. The van der Waals surface area contributed by atoms with E-state index in [0.717, 1.165) is 11.1 Å². The predicted molar refractivity (Wildman–Crippen MR) is 97.0 cm³/mol. The fourth-order valence-corrected chi connectivity index (χ4v) is 2.60. The summed E-state index contributed by atoms with van der Waals surface area (Å²) < 4.78 is 32.8. The van der Waals surface area contributed by atoms with Gasteiger partial charge in [-0.15, -0.1) is 0 Å². The predicted octanol–water partition coefficient (Wildman–Crippen LogP) is 3.06. The zero-order valence-corrected chi connectivity index (χ0v) is 15.5. The molecule has 2 aromatic rings. The summed E-state index contributed by atoms with van der Waals surface area (Å²) in [5, 5.41) is 0. The summed E-state index contributed by atoms with van der Waals surface area (Å²) >= 11 is 0. The Morgan fingerprint density at radius 1 is 0.560 bits per heavy atom. The first-order valence-electron chi connectivity index (χ1n) is 7.76. The average molecular weight is 346 g/mol. The molecular formula is C18H23BO6. The van der Waals surface area contributed by atoms with Crippen molar-refractivity contribution in [1.29, 1.82) is 0 Å². The lowest BCUT2D eigenvalue weighted by Crippen LogP contribution is -2.13. The molecule has 2 rings (SSSR count). The van der Waals surface area contributed by atoms with Crippen LogP contribution in [0.25, 0.3) is 0 Å². The van der Waals surface area contributed by atoms with Gasteiger partial charge in [0.15, 0.2) is 23.0 Å². The van der Waals surface area contributed by atoms with Crippen LogP contribution in [0.4, 0.5) is 0 Å². The Balaban J connectivity index is 2.11. The number of benzene rings is 2. The van der Waals surface area contributed by atoms with Crippen LogP contribution < -0.4 is 28.3 Å². The molecule has 25 heavy (non-hydrogen) atoms. The SMILES string of the molecule is COc1ccc(OBOc2ccc(OC)c(OC)c2C)c(C)c1OC. The summed E-state index contributed by atoms with van der Waals surface area (Å²) in [6, 6.07) is 7.23. The number of methoxy groups -OCH3 is 4. The van der Waals surface area contributed by atoms with E-state index in [9.17, 15) is 0 Å². The van der Waals surface area contributed by atoms with Gasteiger partial charge in [0.25, 0.3) is 0 Å². The van der Waals surface area contributed by atoms with E-state index < -0.39 is 0 Å². The molecular weight excluding hydrogens is 323 g/mol. The van der Waals surface area contributed by atoms with Crippen LogP contribution in [0, 0.1) is 13.8 Å². The van der Waals surface area contributed by atoms with E-state index in [-0.39, 0.29) is 7.69 Å². The van der Waals surface area contributed by atoms with E-state index in [1.165, 1.54) is 0 Å². The molecule has 6 nitrogen and oxygen atoms in total. The van der Waals surface area contributed by atoms with Gasteiger partial charge in [0.2, 0.25) is 0 Å². The minimum Gasteiger partial charge on any atom is -0.528 e. The highest BCUT2D eigenvalue weighted by atomic mass is 16.6. The number of rotatable bonds is 8. The lowest BCUT2D eigenvalue weighted by molar-refractivity contribution is 0.348. The molecule has 0 N–H and O–H groups in total. The van der Waals surface area contributed by atoms with Crippen LogP contribution in [0.15, 0.2) is 24.3 Å². The maximum absolute atomic E-state index is 5.74. The zero-order chi connectivity index (χ0) is 18.4. The van der Waals surface area contributed by atoms with Crippen molar-refractivity contribution < 1.29 is 28.3 Å². The third-order valence-corrected chi connectivity index (χ3v) is 3.92. The molecule has 134 valence electrons. The first-order valence-corrected chi connectivity index (χ1v) is 7.76. The number of hydrogen-bond acceptors (Lipinski definition) is 6. The first kappa shape index (κ1) is 18.6. The van der Waals surface area contributed by atoms with Gasteiger partial charge in [-0.25, -0.2) is 0 Å². The maximum Gasteiger partial charge on any atom is 0.576 e. The van der Waals surface area contributed by atoms with Crippen molar-refractivity contribution in [2.75, 3.05) is 28.4 Å². The second-order valence-corrected chi connectivity index (χ2v) is 5.25. The second kappa shape index (κ2) is 8.42. The van der Waals surface area contributed by atoms with Crippen molar-refractivity contribution in [3.63, 3.8) is 0 Å². The molecule has 0 saturated heterocycles. The Kier molecular flexibility index (Phi) is 6.28. The average Bonchev–Trinajstić information content (AvgIpc) is 2.63. The highest BCUT2D eigenvalue weighted by molar-refractivity contribution is 6.21. The summed E-state index contributed by atoms with van der Waals surface area (Å²) in [7, 11) is 6.43. The van der Waals surface area contributed by atoms with Crippen molar-refractivity contribution in [2.24, 2.45) is 0 Å². The van der Waals surface area contributed by atoms with Gasteiger partial charge in [-0.05, 0) is 38.1 Å². The Morgan fingerprint density at radius 3 is 1.24 bits per heavy atom. The first-order chi connectivity index (χ1) is 12.1. The molecule has 7 heteroatoms. The molecule has 0 aromatic heterocycles. The molecule has 0 fully saturated rings. The van der Waals surface area contributed by atoms with E-state index in [0.29, 0.717) is 34.5 Å². The van der Waals surface area contributed by atoms with Gasteiger partial charge in [-0.2, -0.15) is 0 Å². The zero-order valence-electron chi connectivity index (χ0n) is 15.5. The van der Waals surface area contributed by atoms with Crippen molar-refractivity contribution >= 4 is 7.69 Å². The molecule has 0 saturated carbocycles. The molecule has 2 aromatic carbocycles. The summed E-state index contributed by atoms with van der Waals surface area (Å²) in [6.45, 7) is 3.80. The number of hydrogen-bond donors (Lipinski definition) is 0. The summed E-state index contributed by atoms with van der Waals surface area (Å²) in [6.07, 6.45) is 0. The van der Waals surface area contributed by atoms with Crippen LogP contribution in [-0.2, 0) is 0 Å². The fraction of sp³-hybridized carbons (Fsp3) is 0.333. The summed E-state index contributed by atoms with van der Waals surface area (Å²) in [5.74, 6) is 3.92. The van der Waals surface area contributed by atoms with Gasteiger partial charge in [-0.3, -0.25) is 0 Å². The van der Waals surface area contributed by atoms with Crippen molar-refractivity contribution in [3.8, 4) is 34.5 Å². The van der Waals surface area contributed by atoms with Gasteiger partial charge < -0.3 is 28.3 Å². The maximum atomic E-state index is 5.74. The Morgan fingerprint density at radius 2 is 0.920 bits per heavy atom. The Bertz CT molecular complexity index is 670. The van der Waals surface area contributed by atoms with E-state index in [1.807, 2.05) is 26.0 Å². The van der Waals surface area contributed by atoms with Gasteiger partial charge >= 0.3 is 7.69 Å². The van der Waals surface area contributed by atoms with Gasteiger partial charge in [0, 0.05) is 11.1 Å². The molecule has 0 amide bonds.